The number of amides is 1. The lowest BCUT2D eigenvalue weighted by molar-refractivity contribution is 0.102. The van der Waals surface area contributed by atoms with Gasteiger partial charge in [-0.15, -0.1) is 10.2 Å². The van der Waals surface area contributed by atoms with Gasteiger partial charge in [-0.1, -0.05) is 65.4 Å². The van der Waals surface area contributed by atoms with E-state index >= 15 is 0 Å². The minimum absolute atomic E-state index is 0.0726. The van der Waals surface area contributed by atoms with E-state index in [0.29, 0.717) is 6.42 Å². The summed E-state index contributed by atoms with van der Waals surface area (Å²) in [5, 5.41) is 10.2. The molecule has 0 spiro atoms. The van der Waals surface area contributed by atoms with E-state index < -0.39 is 15.9 Å². The topological polar surface area (TPSA) is 101 Å². The van der Waals surface area contributed by atoms with E-state index in [1.54, 1.807) is 24.3 Å². The first-order chi connectivity index (χ1) is 13.0. The SMILES string of the molecule is O=C(Nc1nnc(S(=O)(=O)NCCc2ccccc2)s1)c1ccccc1Cl. The van der Waals surface area contributed by atoms with Crippen LogP contribution in [0.5, 0.6) is 0 Å². The maximum absolute atomic E-state index is 12.3. The fourth-order valence-corrected chi connectivity index (χ4v) is 4.40. The Morgan fingerprint density at radius 3 is 2.48 bits per heavy atom. The van der Waals surface area contributed by atoms with Crippen LogP contribution in [0.2, 0.25) is 5.02 Å². The molecular formula is C17H15ClN4O3S2. The van der Waals surface area contributed by atoms with Crippen molar-refractivity contribution in [3.8, 4) is 0 Å². The lowest BCUT2D eigenvalue weighted by atomic mass is 10.2. The molecule has 27 heavy (non-hydrogen) atoms. The van der Waals surface area contributed by atoms with Gasteiger partial charge in [-0.3, -0.25) is 10.1 Å². The number of anilines is 1. The maximum atomic E-state index is 12.3. The van der Waals surface area contributed by atoms with Gasteiger partial charge in [-0.2, -0.15) is 0 Å². The predicted octanol–water partition coefficient (Wildman–Crippen LogP) is 2.96. The Balaban J connectivity index is 1.62. The zero-order valence-corrected chi connectivity index (χ0v) is 16.3. The third-order valence-electron chi connectivity index (χ3n) is 3.52. The number of hydrogen-bond acceptors (Lipinski definition) is 6. The molecule has 1 heterocycles. The van der Waals surface area contributed by atoms with Gasteiger partial charge >= 0.3 is 0 Å². The van der Waals surface area contributed by atoms with Gasteiger partial charge in [0.15, 0.2) is 0 Å². The highest BCUT2D eigenvalue weighted by Crippen LogP contribution is 2.22. The van der Waals surface area contributed by atoms with Gasteiger partial charge in [0.1, 0.15) is 0 Å². The molecule has 0 atom stereocenters. The van der Waals surface area contributed by atoms with Crippen molar-refractivity contribution >= 4 is 44.0 Å². The Kier molecular flexibility index (Phi) is 6.17. The number of benzene rings is 2. The van der Waals surface area contributed by atoms with E-state index in [1.165, 1.54) is 0 Å². The van der Waals surface area contributed by atoms with E-state index in [-0.39, 0.29) is 26.6 Å². The molecule has 0 radical (unpaired) electrons. The zero-order valence-electron chi connectivity index (χ0n) is 13.9. The van der Waals surface area contributed by atoms with Crippen LogP contribution in [-0.2, 0) is 16.4 Å². The van der Waals surface area contributed by atoms with Crippen LogP contribution in [-0.4, -0.2) is 31.1 Å². The fraction of sp³-hybridized carbons (Fsp3) is 0.118. The summed E-state index contributed by atoms with van der Waals surface area (Å²) in [4.78, 5) is 12.2. The molecule has 10 heteroatoms. The molecule has 3 aromatic rings. The van der Waals surface area contributed by atoms with Crippen molar-refractivity contribution in [1.82, 2.24) is 14.9 Å². The average molecular weight is 423 g/mol. The van der Waals surface area contributed by atoms with E-state index in [9.17, 15) is 13.2 Å². The van der Waals surface area contributed by atoms with Gasteiger partial charge in [-0.05, 0) is 24.1 Å². The van der Waals surface area contributed by atoms with E-state index in [1.807, 2.05) is 30.3 Å². The number of nitrogens with one attached hydrogen (secondary N) is 2. The summed E-state index contributed by atoms with van der Waals surface area (Å²) in [5.74, 6) is -0.488. The first-order valence-electron chi connectivity index (χ1n) is 7.89. The van der Waals surface area contributed by atoms with Crippen molar-refractivity contribution in [2.24, 2.45) is 0 Å². The first-order valence-corrected chi connectivity index (χ1v) is 10.6. The molecule has 0 aliphatic rings. The van der Waals surface area contributed by atoms with Crippen LogP contribution < -0.4 is 10.0 Å². The fourth-order valence-electron chi connectivity index (χ4n) is 2.21. The highest BCUT2D eigenvalue weighted by atomic mass is 35.5. The highest BCUT2D eigenvalue weighted by molar-refractivity contribution is 7.91. The summed E-state index contributed by atoms with van der Waals surface area (Å²) in [6.45, 7) is 0.229. The average Bonchev–Trinajstić information content (AvgIpc) is 3.12. The van der Waals surface area contributed by atoms with Gasteiger partial charge in [0.05, 0.1) is 10.6 Å². The number of sulfonamides is 1. The quantitative estimate of drug-likeness (QED) is 0.570. The second kappa shape index (κ2) is 8.57. The van der Waals surface area contributed by atoms with Crippen molar-refractivity contribution in [2.75, 3.05) is 11.9 Å². The molecule has 0 saturated heterocycles. The van der Waals surface area contributed by atoms with Crippen LogP contribution in [0.4, 0.5) is 5.13 Å². The van der Waals surface area contributed by atoms with Gasteiger partial charge in [0, 0.05) is 6.54 Å². The summed E-state index contributed by atoms with van der Waals surface area (Å²) in [7, 11) is -3.80. The van der Waals surface area contributed by atoms with Crippen molar-refractivity contribution in [3.63, 3.8) is 0 Å². The number of halogens is 1. The van der Waals surface area contributed by atoms with Crippen LogP contribution in [0.3, 0.4) is 0 Å². The number of aromatic nitrogens is 2. The summed E-state index contributed by atoms with van der Waals surface area (Å²) in [6.07, 6.45) is 0.551. The Morgan fingerprint density at radius 1 is 1.04 bits per heavy atom. The van der Waals surface area contributed by atoms with Gasteiger partial charge in [-0.25, -0.2) is 13.1 Å². The standard InChI is InChI=1S/C17H15ClN4O3S2/c18-14-9-5-4-8-13(14)15(23)20-16-21-22-17(26-16)27(24,25)19-11-10-12-6-2-1-3-7-12/h1-9,19H,10-11H2,(H,20,21,23). The highest BCUT2D eigenvalue weighted by Gasteiger charge is 2.21. The van der Waals surface area contributed by atoms with Gasteiger partial charge in [0.25, 0.3) is 15.9 Å². The Labute approximate surface area is 165 Å². The first kappa shape index (κ1) is 19.4. The minimum atomic E-state index is -3.80. The third-order valence-corrected chi connectivity index (χ3v) is 6.52. The zero-order chi connectivity index (χ0) is 19.3. The molecule has 0 aliphatic carbocycles. The van der Waals surface area contributed by atoms with Gasteiger partial charge < -0.3 is 0 Å². The minimum Gasteiger partial charge on any atom is -0.296 e. The molecular weight excluding hydrogens is 408 g/mol. The predicted molar refractivity (Wildman–Crippen MR) is 105 cm³/mol. The van der Waals surface area contributed by atoms with E-state index in [4.69, 9.17) is 11.6 Å². The summed E-state index contributed by atoms with van der Waals surface area (Å²) < 4.78 is 26.9. The Morgan fingerprint density at radius 2 is 1.74 bits per heavy atom. The number of carbonyl (C=O) groups is 1. The maximum Gasteiger partial charge on any atom is 0.269 e. The number of hydrogen-bond donors (Lipinski definition) is 2. The molecule has 0 aliphatic heterocycles. The second-order valence-electron chi connectivity index (χ2n) is 5.44. The summed E-state index contributed by atoms with van der Waals surface area (Å²) >= 11 is 6.74. The van der Waals surface area contributed by atoms with Crippen LogP contribution in [0, 0.1) is 0 Å². The smallest absolute Gasteiger partial charge is 0.269 e. The van der Waals surface area contributed by atoms with Gasteiger partial charge in [0.2, 0.25) is 9.47 Å². The van der Waals surface area contributed by atoms with Crippen LogP contribution >= 0.6 is 22.9 Å². The summed E-state index contributed by atoms with van der Waals surface area (Å²) in [6, 6.07) is 16.0. The molecule has 140 valence electrons. The number of nitrogens with zero attached hydrogens (tertiary/aromatic N) is 2. The lowest BCUT2D eigenvalue weighted by Gasteiger charge is -2.04. The van der Waals surface area contributed by atoms with Crippen LogP contribution in [0.1, 0.15) is 15.9 Å². The Hall–Kier alpha value is -2.33. The normalized spacial score (nSPS) is 11.3. The van der Waals surface area contributed by atoms with E-state index in [2.05, 4.69) is 20.2 Å². The Bertz CT molecular complexity index is 1040. The lowest BCUT2D eigenvalue weighted by Crippen LogP contribution is -2.25. The van der Waals surface area contributed by atoms with Crippen molar-refractivity contribution < 1.29 is 13.2 Å². The van der Waals surface area contributed by atoms with Crippen molar-refractivity contribution in [3.05, 3.63) is 70.7 Å². The monoisotopic (exact) mass is 422 g/mol. The molecule has 0 unspecified atom stereocenters. The molecule has 0 bridgehead atoms. The molecule has 2 N–H and O–H groups in total. The number of rotatable bonds is 7. The molecule has 1 aromatic heterocycles. The van der Waals surface area contributed by atoms with Crippen molar-refractivity contribution in [1.29, 1.82) is 0 Å². The third kappa shape index (κ3) is 5.10. The van der Waals surface area contributed by atoms with Crippen molar-refractivity contribution in [2.45, 2.75) is 10.8 Å². The molecule has 0 fully saturated rings. The number of carbonyl (C=O) groups excluding carboxylic acids is 1. The largest absolute Gasteiger partial charge is 0.296 e. The second-order valence-corrected chi connectivity index (χ2v) is 8.77. The van der Waals surface area contributed by atoms with Crippen LogP contribution in [0.25, 0.3) is 0 Å². The molecule has 0 saturated carbocycles. The van der Waals surface area contributed by atoms with Crippen LogP contribution in [0.15, 0.2) is 58.9 Å². The molecule has 1 amide bonds. The van der Waals surface area contributed by atoms with E-state index in [0.717, 1.165) is 16.9 Å². The molecule has 2 aromatic carbocycles. The molecule has 7 nitrogen and oxygen atoms in total. The molecule has 3 rings (SSSR count). The summed E-state index contributed by atoms with van der Waals surface area (Å²) in [5.41, 5.74) is 1.28.